The van der Waals surface area contributed by atoms with Crippen LogP contribution in [0.4, 0.5) is 10.6 Å². The molecule has 2 amide bonds. The van der Waals surface area contributed by atoms with E-state index in [-0.39, 0.29) is 12.6 Å². The molecule has 2 N–H and O–H groups in total. The third-order valence-electron chi connectivity index (χ3n) is 5.76. The number of nitrogens with one attached hydrogen (secondary N) is 2. The first-order valence-electron chi connectivity index (χ1n) is 11.0. The van der Waals surface area contributed by atoms with Crippen molar-refractivity contribution in [3.63, 3.8) is 0 Å². The van der Waals surface area contributed by atoms with Crippen LogP contribution in [0.2, 0.25) is 5.15 Å². The molecule has 2 aliphatic rings. The zero-order valence-corrected chi connectivity index (χ0v) is 19.4. The number of carbonyl (C=O) groups is 2. The predicted octanol–water partition coefficient (Wildman–Crippen LogP) is 2.43. The van der Waals surface area contributed by atoms with E-state index in [1.165, 1.54) is 0 Å². The first-order valence-corrected chi connectivity index (χ1v) is 11.3. The van der Waals surface area contributed by atoms with Crippen molar-refractivity contribution in [1.82, 2.24) is 25.7 Å². The van der Waals surface area contributed by atoms with Crippen LogP contribution >= 0.6 is 11.6 Å². The molecule has 1 aromatic carbocycles. The summed E-state index contributed by atoms with van der Waals surface area (Å²) in [7, 11) is 0. The fourth-order valence-electron chi connectivity index (χ4n) is 4.04. The molecule has 3 heterocycles. The number of urea groups is 1. The van der Waals surface area contributed by atoms with Gasteiger partial charge in [0.2, 0.25) is 0 Å². The number of anilines is 1. The molecule has 0 bridgehead atoms. The van der Waals surface area contributed by atoms with Crippen LogP contribution in [0, 0.1) is 6.92 Å². The lowest BCUT2D eigenvalue weighted by Crippen LogP contribution is -2.52. The molecule has 33 heavy (non-hydrogen) atoms. The van der Waals surface area contributed by atoms with Gasteiger partial charge in [-0.25, -0.2) is 9.59 Å². The summed E-state index contributed by atoms with van der Waals surface area (Å²) >= 11 is 5.84. The maximum absolute atomic E-state index is 12.9. The topological polar surface area (TPSA) is 99.7 Å². The van der Waals surface area contributed by atoms with Gasteiger partial charge in [-0.05, 0) is 31.5 Å². The number of carbonyl (C=O) groups excluding carboxylic acids is 2. The van der Waals surface area contributed by atoms with Gasteiger partial charge in [0.25, 0.3) is 0 Å². The Hall–Kier alpha value is -3.17. The predicted molar refractivity (Wildman–Crippen MR) is 125 cm³/mol. The lowest BCUT2D eigenvalue weighted by molar-refractivity contribution is -0.139. The first kappa shape index (κ1) is 23.0. The summed E-state index contributed by atoms with van der Waals surface area (Å²) in [5.74, 6) is 0.348. The van der Waals surface area contributed by atoms with Gasteiger partial charge in [-0.15, -0.1) is 10.2 Å². The molecular formula is C23H27ClN6O3. The second kappa shape index (κ2) is 10.2. The fraction of sp³-hybridized carbons (Fsp3) is 0.391. The molecule has 0 aliphatic carbocycles. The van der Waals surface area contributed by atoms with Crippen LogP contribution in [-0.4, -0.2) is 66.4 Å². The minimum absolute atomic E-state index is 0.255. The highest BCUT2D eigenvalue weighted by atomic mass is 35.5. The Morgan fingerprint density at radius 3 is 2.48 bits per heavy atom. The number of halogens is 1. The minimum atomic E-state index is -0.570. The Morgan fingerprint density at radius 2 is 1.85 bits per heavy atom. The van der Waals surface area contributed by atoms with E-state index in [2.05, 4.69) is 30.6 Å². The molecule has 0 radical (unpaired) electrons. The number of aromatic nitrogens is 2. The van der Waals surface area contributed by atoms with Crippen molar-refractivity contribution >= 4 is 29.4 Å². The van der Waals surface area contributed by atoms with Crippen molar-refractivity contribution in [2.24, 2.45) is 0 Å². The second-order valence-corrected chi connectivity index (χ2v) is 8.42. The molecule has 174 valence electrons. The maximum atomic E-state index is 12.9. The molecule has 10 heteroatoms. The number of esters is 1. The largest absolute Gasteiger partial charge is 0.463 e. The highest BCUT2D eigenvalue weighted by molar-refractivity contribution is 6.29. The standard InChI is InChI=1S/C23H27ClN6O3/c1-3-33-22(31)20-17(25-23(32)26-21(20)16-6-4-15(2)5-7-16)14-29-10-12-30(13-11-29)19-9-8-18(24)27-28-19/h4-9,21H,3,10-14H2,1-2H3,(H2,25,26,32)/t21-/m0/s1. The Bertz CT molecular complexity index is 1030. The number of benzene rings is 1. The zero-order chi connectivity index (χ0) is 23.4. The first-order chi connectivity index (χ1) is 15.9. The van der Waals surface area contributed by atoms with E-state index in [1.54, 1.807) is 13.0 Å². The summed E-state index contributed by atoms with van der Waals surface area (Å²) in [6, 6.07) is 10.4. The smallest absolute Gasteiger partial charge is 0.338 e. The Balaban J connectivity index is 1.54. The van der Waals surface area contributed by atoms with Gasteiger partial charge in [0.1, 0.15) is 0 Å². The molecule has 2 aliphatic heterocycles. The minimum Gasteiger partial charge on any atom is -0.463 e. The molecule has 0 spiro atoms. The number of nitrogens with zero attached hydrogens (tertiary/aromatic N) is 4. The third kappa shape index (κ3) is 5.43. The third-order valence-corrected chi connectivity index (χ3v) is 5.96. The highest BCUT2D eigenvalue weighted by Crippen LogP contribution is 2.28. The van der Waals surface area contributed by atoms with Gasteiger partial charge >= 0.3 is 12.0 Å². The molecule has 0 saturated carbocycles. The Morgan fingerprint density at radius 1 is 1.12 bits per heavy atom. The highest BCUT2D eigenvalue weighted by Gasteiger charge is 2.34. The molecule has 1 saturated heterocycles. The number of piperazine rings is 1. The maximum Gasteiger partial charge on any atom is 0.338 e. The lowest BCUT2D eigenvalue weighted by Gasteiger charge is -2.37. The van der Waals surface area contributed by atoms with E-state index < -0.39 is 12.0 Å². The molecule has 1 atom stereocenters. The number of aryl methyl sites for hydroxylation is 1. The summed E-state index contributed by atoms with van der Waals surface area (Å²) in [5.41, 5.74) is 2.94. The normalized spacial score (nSPS) is 19.2. The second-order valence-electron chi connectivity index (χ2n) is 8.03. The van der Waals surface area contributed by atoms with E-state index >= 15 is 0 Å². The van der Waals surface area contributed by atoms with Gasteiger partial charge in [-0.1, -0.05) is 41.4 Å². The molecular weight excluding hydrogens is 444 g/mol. The van der Waals surface area contributed by atoms with Crippen LogP contribution in [0.5, 0.6) is 0 Å². The van der Waals surface area contributed by atoms with Gasteiger partial charge in [-0.3, -0.25) is 4.90 Å². The van der Waals surface area contributed by atoms with Crippen LogP contribution in [0.3, 0.4) is 0 Å². The van der Waals surface area contributed by atoms with E-state index in [0.29, 0.717) is 23.0 Å². The fourth-order valence-corrected chi connectivity index (χ4v) is 4.14. The average Bonchev–Trinajstić information content (AvgIpc) is 2.80. The van der Waals surface area contributed by atoms with E-state index in [1.807, 2.05) is 37.3 Å². The lowest BCUT2D eigenvalue weighted by atomic mass is 9.94. The molecule has 2 aromatic rings. The summed E-state index contributed by atoms with van der Waals surface area (Å²) in [4.78, 5) is 29.8. The molecule has 9 nitrogen and oxygen atoms in total. The van der Waals surface area contributed by atoms with Crippen molar-refractivity contribution in [3.8, 4) is 0 Å². The molecule has 0 unspecified atom stereocenters. The van der Waals surface area contributed by atoms with Gasteiger partial charge in [-0.2, -0.15) is 0 Å². The van der Waals surface area contributed by atoms with Crippen molar-refractivity contribution in [3.05, 3.63) is 63.9 Å². The van der Waals surface area contributed by atoms with Crippen LogP contribution < -0.4 is 15.5 Å². The summed E-state index contributed by atoms with van der Waals surface area (Å²) in [6.45, 7) is 7.41. The Kier molecular flexibility index (Phi) is 7.10. The number of rotatable bonds is 6. The molecule has 1 aromatic heterocycles. The van der Waals surface area contributed by atoms with E-state index in [0.717, 1.165) is 43.1 Å². The van der Waals surface area contributed by atoms with Gasteiger partial charge in [0, 0.05) is 38.4 Å². The molecule has 4 rings (SSSR count). The Labute approximate surface area is 197 Å². The molecule has 1 fully saturated rings. The van der Waals surface area contributed by atoms with E-state index in [9.17, 15) is 9.59 Å². The number of ether oxygens (including phenoxy) is 1. The average molecular weight is 471 g/mol. The SMILES string of the molecule is CCOC(=O)C1=C(CN2CCN(c3ccc(Cl)nn3)CC2)NC(=O)N[C@H]1c1ccc(C)cc1. The summed E-state index contributed by atoms with van der Waals surface area (Å²) < 4.78 is 5.36. The van der Waals surface area contributed by atoms with Gasteiger partial charge in [0.15, 0.2) is 11.0 Å². The number of amides is 2. The van der Waals surface area contributed by atoms with Gasteiger partial charge < -0.3 is 20.3 Å². The quantitative estimate of drug-likeness (QED) is 0.625. The number of hydrogen-bond acceptors (Lipinski definition) is 7. The van der Waals surface area contributed by atoms with Gasteiger partial charge in [0.05, 0.1) is 18.2 Å². The van der Waals surface area contributed by atoms with Crippen LogP contribution in [0.15, 0.2) is 47.7 Å². The number of hydrogen-bond donors (Lipinski definition) is 2. The van der Waals surface area contributed by atoms with Crippen molar-refractivity contribution in [2.75, 3.05) is 44.2 Å². The monoisotopic (exact) mass is 470 g/mol. The van der Waals surface area contributed by atoms with Crippen molar-refractivity contribution in [1.29, 1.82) is 0 Å². The van der Waals surface area contributed by atoms with Crippen molar-refractivity contribution < 1.29 is 14.3 Å². The van der Waals surface area contributed by atoms with Crippen molar-refractivity contribution in [2.45, 2.75) is 19.9 Å². The van der Waals surface area contributed by atoms with Crippen LogP contribution in [0.25, 0.3) is 0 Å². The zero-order valence-electron chi connectivity index (χ0n) is 18.7. The summed E-state index contributed by atoms with van der Waals surface area (Å²) in [5, 5.41) is 14.2. The van der Waals surface area contributed by atoms with Crippen LogP contribution in [-0.2, 0) is 9.53 Å². The van der Waals surface area contributed by atoms with E-state index in [4.69, 9.17) is 16.3 Å². The summed E-state index contributed by atoms with van der Waals surface area (Å²) in [6.07, 6.45) is 0. The van der Waals surface area contributed by atoms with Crippen LogP contribution in [0.1, 0.15) is 24.1 Å².